The molecular weight excluding hydrogens is 162 g/mol. The Morgan fingerprint density at radius 2 is 1.92 bits per heavy atom. The van der Waals surface area contributed by atoms with Crippen LogP contribution in [0, 0.1) is 6.42 Å². The predicted octanol–water partition coefficient (Wildman–Crippen LogP) is 2.39. The maximum absolute atomic E-state index is 8.32. The Bertz CT molecular complexity index is 211. The quantitative estimate of drug-likeness (QED) is 0.518. The topological polar surface area (TPSA) is 32.3 Å². The lowest BCUT2D eigenvalue weighted by atomic mass is 10.1. The molecular formula is C11H16NO. The van der Waals surface area contributed by atoms with E-state index in [2.05, 4.69) is 24.0 Å². The largest absolute Gasteiger partial charge is 0.317 e. The Kier molecular flexibility index (Phi) is 5.22. The van der Waals surface area contributed by atoms with Crippen molar-refractivity contribution in [3.05, 3.63) is 42.3 Å². The molecule has 0 amide bonds. The fourth-order valence-electron chi connectivity index (χ4n) is 1.21. The molecule has 1 aromatic rings. The minimum Gasteiger partial charge on any atom is -0.317 e. The van der Waals surface area contributed by atoms with Crippen molar-refractivity contribution in [2.75, 3.05) is 6.54 Å². The van der Waals surface area contributed by atoms with Crippen molar-refractivity contribution < 1.29 is 5.21 Å². The molecule has 0 aliphatic carbocycles. The summed E-state index contributed by atoms with van der Waals surface area (Å²) in [5.74, 6) is 0. The summed E-state index contributed by atoms with van der Waals surface area (Å²) >= 11 is 0. The van der Waals surface area contributed by atoms with Gasteiger partial charge in [0.1, 0.15) is 0 Å². The van der Waals surface area contributed by atoms with Crippen LogP contribution in [0.3, 0.4) is 0 Å². The normalized spacial score (nSPS) is 10.2. The van der Waals surface area contributed by atoms with E-state index in [0.29, 0.717) is 6.54 Å². The van der Waals surface area contributed by atoms with E-state index >= 15 is 0 Å². The number of hydrogen-bond donors (Lipinski definition) is 2. The summed E-state index contributed by atoms with van der Waals surface area (Å²) in [6.45, 7) is 0.683. The van der Waals surface area contributed by atoms with Crippen LogP contribution in [-0.2, 0) is 0 Å². The van der Waals surface area contributed by atoms with E-state index in [1.807, 2.05) is 18.2 Å². The highest BCUT2D eigenvalue weighted by molar-refractivity contribution is 5.21. The van der Waals surface area contributed by atoms with Gasteiger partial charge in [-0.2, -0.15) is 0 Å². The minimum absolute atomic E-state index is 0.683. The summed E-state index contributed by atoms with van der Waals surface area (Å²) in [6, 6.07) is 10.3. The standard InChI is InChI=1S/C11H16NO/c13-12-10-6-2-5-9-11-7-3-1-4-8-11/h1,3-4,7-9,12-13H,2,5-6,10H2. The molecule has 1 rings (SSSR count). The van der Waals surface area contributed by atoms with Gasteiger partial charge in [-0.1, -0.05) is 36.8 Å². The molecule has 0 aliphatic heterocycles. The van der Waals surface area contributed by atoms with Crippen LogP contribution in [0.5, 0.6) is 0 Å². The van der Waals surface area contributed by atoms with Crippen LogP contribution in [0.2, 0.25) is 0 Å². The summed E-state index contributed by atoms with van der Waals surface area (Å²) in [4.78, 5) is 0. The fraction of sp³-hybridized carbons (Fsp3) is 0.364. The highest BCUT2D eigenvalue weighted by atomic mass is 16.5. The van der Waals surface area contributed by atoms with Crippen LogP contribution in [-0.4, -0.2) is 11.8 Å². The van der Waals surface area contributed by atoms with Gasteiger partial charge in [0, 0.05) is 6.54 Å². The van der Waals surface area contributed by atoms with Crippen molar-refractivity contribution in [2.45, 2.75) is 19.3 Å². The maximum Gasteiger partial charge on any atom is 0.0207 e. The van der Waals surface area contributed by atoms with Crippen LogP contribution >= 0.6 is 0 Å². The Labute approximate surface area is 79.6 Å². The average molecular weight is 178 g/mol. The third-order valence-electron chi connectivity index (χ3n) is 1.92. The average Bonchev–Trinajstić information content (AvgIpc) is 2.19. The van der Waals surface area contributed by atoms with E-state index in [0.717, 1.165) is 19.3 Å². The summed E-state index contributed by atoms with van der Waals surface area (Å²) in [6.07, 6.45) is 5.42. The SMILES string of the molecule is ONCCCC[CH]c1ccccc1. The lowest BCUT2D eigenvalue weighted by Crippen LogP contribution is -2.07. The van der Waals surface area contributed by atoms with Gasteiger partial charge in [-0.05, 0) is 24.8 Å². The molecule has 0 unspecified atom stereocenters. The first kappa shape index (κ1) is 10.2. The van der Waals surface area contributed by atoms with E-state index < -0.39 is 0 Å². The van der Waals surface area contributed by atoms with Crippen LogP contribution < -0.4 is 5.48 Å². The molecule has 0 heterocycles. The van der Waals surface area contributed by atoms with Gasteiger partial charge in [0.25, 0.3) is 0 Å². The maximum atomic E-state index is 8.32. The minimum atomic E-state index is 0.683. The van der Waals surface area contributed by atoms with Gasteiger partial charge in [0.2, 0.25) is 0 Å². The van der Waals surface area contributed by atoms with Crippen molar-refractivity contribution in [3.8, 4) is 0 Å². The van der Waals surface area contributed by atoms with Crippen molar-refractivity contribution in [2.24, 2.45) is 0 Å². The monoisotopic (exact) mass is 178 g/mol. The number of nitrogens with one attached hydrogen (secondary N) is 1. The number of rotatable bonds is 6. The molecule has 0 bridgehead atoms. The van der Waals surface area contributed by atoms with Gasteiger partial charge in [-0.15, -0.1) is 0 Å². The van der Waals surface area contributed by atoms with Gasteiger partial charge in [-0.3, -0.25) is 0 Å². The Hall–Kier alpha value is -0.860. The first-order chi connectivity index (χ1) is 6.43. The van der Waals surface area contributed by atoms with Gasteiger partial charge >= 0.3 is 0 Å². The molecule has 0 fully saturated rings. The van der Waals surface area contributed by atoms with E-state index in [1.54, 1.807) is 0 Å². The molecule has 0 spiro atoms. The third kappa shape index (κ3) is 4.65. The smallest absolute Gasteiger partial charge is 0.0207 e. The third-order valence-corrected chi connectivity index (χ3v) is 1.92. The Balaban J connectivity index is 2.07. The molecule has 2 heteroatoms. The number of hydrogen-bond acceptors (Lipinski definition) is 2. The van der Waals surface area contributed by atoms with Gasteiger partial charge in [0.15, 0.2) is 0 Å². The number of unbranched alkanes of at least 4 members (excludes halogenated alkanes) is 2. The summed E-state index contributed by atoms with van der Waals surface area (Å²) in [5.41, 5.74) is 3.43. The molecule has 0 saturated heterocycles. The predicted molar refractivity (Wildman–Crippen MR) is 53.5 cm³/mol. The van der Waals surface area contributed by atoms with Crippen molar-refractivity contribution in [1.29, 1.82) is 0 Å². The van der Waals surface area contributed by atoms with Crippen molar-refractivity contribution in [3.63, 3.8) is 0 Å². The molecule has 0 atom stereocenters. The summed E-state index contributed by atoms with van der Waals surface area (Å²) < 4.78 is 0. The molecule has 13 heavy (non-hydrogen) atoms. The van der Waals surface area contributed by atoms with Crippen LogP contribution in [0.1, 0.15) is 24.8 Å². The molecule has 0 aliphatic rings. The van der Waals surface area contributed by atoms with E-state index in [4.69, 9.17) is 5.21 Å². The number of benzene rings is 1. The molecule has 0 aromatic heterocycles. The van der Waals surface area contributed by atoms with Gasteiger partial charge in [0.05, 0.1) is 0 Å². The fourth-order valence-corrected chi connectivity index (χ4v) is 1.21. The first-order valence-corrected chi connectivity index (χ1v) is 4.68. The molecule has 1 radical (unpaired) electrons. The second-order valence-corrected chi connectivity index (χ2v) is 3.02. The highest BCUT2D eigenvalue weighted by Crippen LogP contribution is 2.07. The second kappa shape index (κ2) is 6.63. The molecule has 71 valence electrons. The molecule has 0 saturated carbocycles. The highest BCUT2D eigenvalue weighted by Gasteiger charge is 1.92. The number of hydroxylamine groups is 1. The second-order valence-electron chi connectivity index (χ2n) is 3.02. The zero-order chi connectivity index (χ0) is 9.36. The van der Waals surface area contributed by atoms with Crippen molar-refractivity contribution in [1.82, 2.24) is 5.48 Å². The lowest BCUT2D eigenvalue weighted by molar-refractivity contribution is 0.165. The summed E-state index contributed by atoms with van der Waals surface area (Å²) in [5, 5.41) is 8.32. The van der Waals surface area contributed by atoms with Gasteiger partial charge in [-0.25, -0.2) is 5.48 Å². The zero-order valence-electron chi connectivity index (χ0n) is 7.74. The summed E-state index contributed by atoms with van der Waals surface area (Å²) in [7, 11) is 0. The van der Waals surface area contributed by atoms with Crippen molar-refractivity contribution >= 4 is 0 Å². The molecule has 1 aromatic carbocycles. The first-order valence-electron chi connectivity index (χ1n) is 4.68. The Morgan fingerprint density at radius 1 is 1.15 bits per heavy atom. The van der Waals surface area contributed by atoms with E-state index in [-0.39, 0.29) is 0 Å². The van der Waals surface area contributed by atoms with E-state index in [9.17, 15) is 0 Å². The van der Waals surface area contributed by atoms with Crippen LogP contribution in [0.4, 0.5) is 0 Å². The zero-order valence-corrected chi connectivity index (χ0v) is 7.74. The molecule has 2 N–H and O–H groups in total. The van der Waals surface area contributed by atoms with E-state index in [1.165, 1.54) is 5.56 Å². The van der Waals surface area contributed by atoms with Gasteiger partial charge < -0.3 is 5.21 Å². The van der Waals surface area contributed by atoms with Crippen LogP contribution in [0.15, 0.2) is 30.3 Å². The van der Waals surface area contributed by atoms with Crippen LogP contribution in [0.25, 0.3) is 0 Å². The molecule has 2 nitrogen and oxygen atoms in total. The lowest BCUT2D eigenvalue weighted by Gasteiger charge is -2.00. The Morgan fingerprint density at radius 3 is 2.62 bits per heavy atom.